The van der Waals surface area contributed by atoms with Crippen LogP contribution in [0.15, 0.2) is 41.4 Å². The third kappa shape index (κ3) is 3.23. The van der Waals surface area contributed by atoms with Crippen molar-refractivity contribution in [3.05, 3.63) is 42.1 Å². The summed E-state index contributed by atoms with van der Waals surface area (Å²) in [5.41, 5.74) is 0.0233. The minimum atomic E-state index is -3.97. The van der Waals surface area contributed by atoms with Gasteiger partial charge < -0.3 is 9.84 Å². The number of hydrogen-bond acceptors (Lipinski definition) is 5. The van der Waals surface area contributed by atoms with Gasteiger partial charge >= 0.3 is 0 Å². The number of hydrogen-bond donors (Lipinski definition) is 2. The minimum absolute atomic E-state index is 0.0409. The van der Waals surface area contributed by atoms with E-state index < -0.39 is 15.6 Å². The average molecular weight is 351 g/mol. The van der Waals surface area contributed by atoms with Gasteiger partial charge in [-0.3, -0.25) is 0 Å². The van der Waals surface area contributed by atoms with Crippen molar-refractivity contribution in [1.29, 1.82) is 0 Å². The van der Waals surface area contributed by atoms with Crippen LogP contribution in [0, 0.1) is 5.92 Å². The molecule has 3 N–H and O–H groups in total. The summed E-state index contributed by atoms with van der Waals surface area (Å²) in [6.07, 6.45) is 0.955. The zero-order chi connectivity index (χ0) is 17.5. The summed E-state index contributed by atoms with van der Waals surface area (Å²) >= 11 is 0. The third-order valence-electron chi connectivity index (χ3n) is 4.27. The van der Waals surface area contributed by atoms with Crippen molar-refractivity contribution in [2.45, 2.75) is 37.0 Å². The molecule has 1 aliphatic carbocycles. The van der Waals surface area contributed by atoms with Gasteiger partial charge in [-0.05, 0) is 31.4 Å². The highest BCUT2D eigenvalue weighted by molar-refractivity contribution is 7.89. The Hall–Kier alpha value is -1.74. The van der Waals surface area contributed by atoms with E-state index in [-0.39, 0.29) is 17.7 Å². The summed E-state index contributed by atoms with van der Waals surface area (Å²) < 4.78 is 31.0. The maximum Gasteiger partial charge on any atom is 0.257 e. The first-order valence-electron chi connectivity index (χ1n) is 7.72. The molecule has 1 saturated carbocycles. The van der Waals surface area contributed by atoms with Crippen LogP contribution in [-0.2, 0) is 20.4 Å². The van der Waals surface area contributed by atoms with Crippen molar-refractivity contribution in [1.82, 2.24) is 9.78 Å². The number of aliphatic hydroxyl groups is 1. The zero-order valence-corrected chi connectivity index (χ0v) is 14.4. The molecule has 0 aliphatic heterocycles. The fraction of sp³-hybridized carbons (Fsp3) is 0.438. The fourth-order valence-corrected chi connectivity index (χ4v) is 3.08. The molecule has 1 aliphatic rings. The van der Waals surface area contributed by atoms with Gasteiger partial charge in [-0.2, -0.15) is 5.10 Å². The van der Waals surface area contributed by atoms with Gasteiger partial charge in [0.2, 0.25) is 0 Å². The number of sulfonamides is 1. The van der Waals surface area contributed by atoms with Crippen LogP contribution in [0.3, 0.4) is 0 Å². The zero-order valence-electron chi connectivity index (χ0n) is 13.6. The highest BCUT2D eigenvalue weighted by Crippen LogP contribution is 2.40. The van der Waals surface area contributed by atoms with Crippen molar-refractivity contribution >= 4 is 10.0 Å². The quantitative estimate of drug-likeness (QED) is 0.812. The first kappa shape index (κ1) is 17.1. The van der Waals surface area contributed by atoms with E-state index in [1.165, 1.54) is 10.7 Å². The molecule has 2 aromatic rings. The molecular formula is C16H21N3O4S. The maximum absolute atomic E-state index is 11.7. The van der Waals surface area contributed by atoms with Gasteiger partial charge in [0.1, 0.15) is 5.60 Å². The normalized spacial score (nSPS) is 23.0. The molecule has 8 heteroatoms. The Labute approximate surface area is 141 Å². The second-order valence-corrected chi connectivity index (χ2v) is 7.93. The number of nitrogens with zero attached hydrogens (tertiary/aromatic N) is 2. The predicted octanol–water partition coefficient (Wildman–Crippen LogP) is 1.15. The number of ether oxygens (including phenoxy) is 1. The lowest BCUT2D eigenvalue weighted by molar-refractivity contribution is -0.0898. The van der Waals surface area contributed by atoms with E-state index in [0.29, 0.717) is 17.3 Å². The molecule has 1 heterocycles. The van der Waals surface area contributed by atoms with Crippen LogP contribution in [0.2, 0.25) is 0 Å². The van der Waals surface area contributed by atoms with E-state index >= 15 is 0 Å². The molecule has 0 spiro atoms. The Morgan fingerprint density at radius 1 is 1.42 bits per heavy atom. The van der Waals surface area contributed by atoms with Crippen LogP contribution in [0.5, 0.6) is 0 Å². The SMILES string of the molecule is CC1C[C@@H]1OC(C)(CO)c1cc(S(N)(=O)=O)nn1-c1ccccc1. The van der Waals surface area contributed by atoms with Gasteiger partial charge in [0.15, 0.2) is 5.03 Å². The second kappa shape index (κ2) is 5.96. The monoisotopic (exact) mass is 351 g/mol. The largest absolute Gasteiger partial charge is 0.393 e. The molecule has 130 valence electrons. The van der Waals surface area contributed by atoms with E-state index in [1.807, 2.05) is 18.2 Å². The lowest BCUT2D eigenvalue weighted by atomic mass is 10.0. The number of aliphatic hydroxyl groups excluding tert-OH is 1. The lowest BCUT2D eigenvalue weighted by Gasteiger charge is -2.28. The van der Waals surface area contributed by atoms with E-state index in [0.717, 1.165) is 6.42 Å². The van der Waals surface area contributed by atoms with E-state index in [1.54, 1.807) is 19.1 Å². The highest BCUT2D eigenvalue weighted by Gasteiger charge is 2.43. The molecule has 3 rings (SSSR count). The Bertz CT molecular complexity index is 834. The number of aromatic nitrogens is 2. The average Bonchev–Trinajstić information content (AvgIpc) is 3.04. The molecule has 0 amide bonds. The number of para-hydroxylation sites is 1. The number of primary sulfonamides is 1. The van der Waals surface area contributed by atoms with Crippen LogP contribution in [0.1, 0.15) is 26.0 Å². The molecule has 1 aromatic heterocycles. The van der Waals surface area contributed by atoms with Gasteiger partial charge in [-0.15, -0.1) is 0 Å². The molecule has 7 nitrogen and oxygen atoms in total. The van der Waals surface area contributed by atoms with Crippen LogP contribution in [0.4, 0.5) is 0 Å². The van der Waals surface area contributed by atoms with Crippen LogP contribution >= 0.6 is 0 Å². The standard InChI is InChI=1S/C16H21N3O4S/c1-11-8-13(11)23-16(2,10-20)14-9-15(24(17,21)22)18-19(14)12-6-4-3-5-7-12/h3-7,9,11,13,20H,8,10H2,1-2H3,(H2,17,21,22)/t11?,13-,16?/m0/s1. The minimum Gasteiger partial charge on any atom is -0.393 e. The third-order valence-corrected chi connectivity index (χ3v) is 5.05. The molecule has 3 atom stereocenters. The van der Waals surface area contributed by atoms with Gasteiger partial charge in [-0.25, -0.2) is 18.2 Å². The fourth-order valence-electron chi connectivity index (χ4n) is 2.61. The van der Waals surface area contributed by atoms with Crippen molar-refractivity contribution in [3.63, 3.8) is 0 Å². The second-order valence-electron chi connectivity index (χ2n) is 6.42. The van der Waals surface area contributed by atoms with Gasteiger partial charge in [0.05, 0.1) is 24.1 Å². The number of benzene rings is 1. The van der Waals surface area contributed by atoms with E-state index in [4.69, 9.17) is 9.88 Å². The molecular weight excluding hydrogens is 330 g/mol. The first-order valence-corrected chi connectivity index (χ1v) is 9.27. The first-order chi connectivity index (χ1) is 11.2. The Balaban J connectivity index is 2.12. The summed E-state index contributed by atoms with van der Waals surface area (Å²) in [6, 6.07) is 10.4. The smallest absolute Gasteiger partial charge is 0.257 e. The van der Waals surface area contributed by atoms with Crippen molar-refractivity contribution in [2.24, 2.45) is 11.1 Å². The Kier molecular flexibility index (Phi) is 4.25. The topological polar surface area (TPSA) is 107 Å². The highest BCUT2D eigenvalue weighted by atomic mass is 32.2. The van der Waals surface area contributed by atoms with E-state index in [2.05, 4.69) is 12.0 Å². The molecule has 0 saturated heterocycles. The Morgan fingerprint density at radius 3 is 2.54 bits per heavy atom. The number of rotatable bonds is 6. The van der Waals surface area contributed by atoms with Crippen molar-refractivity contribution < 1.29 is 18.3 Å². The summed E-state index contributed by atoms with van der Waals surface area (Å²) in [5.74, 6) is 0.418. The molecule has 0 radical (unpaired) electrons. The van der Waals surface area contributed by atoms with E-state index in [9.17, 15) is 13.5 Å². The predicted molar refractivity (Wildman–Crippen MR) is 88.0 cm³/mol. The summed E-state index contributed by atoms with van der Waals surface area (Å²) in [6.45, 7) is 3.48. The molecule has 1 fully saturated rings. The number of nitrogens with two attached hydrogens (primary N) is 1. The molecule has 0 bridgehead atoms. The van der Waals surface area contributed by atoms with Crippen molar-refractivity contribution in [2.75, 3.05) is 6.61 Å². The van der Waals surface area contributed by atoms with Gasteiger partial charge in [-0.1, -0.05) is 25.1 Å². The van der Waals surface area contributed by atoms with Crippen molar-refractivity contribution in [3.8, 4) is 5.69 Å². The molecule has 2 unspecified atom stereocenters. The summed E-state index contributed by atoms with van der Waals surface area (Å²) in [5, 5.41) is 19.0. The maximum atomic E-state index is 11.7. The van der Waals surface area contributed by atoms with Crippen LogP contribution in [-0.4, -0.2) is 36.0 Å². The van der Waals surface area contributed by atoms with Crippen LogP contribution in [0.25, 0.3) is 5.69 Å². The lowest BCUT2D eigenvalue weighted by Crippen LogP contribution is -2.34. The summed E-state index contributed by atoms with van der Waals surface area (Å²) in [7, 11) is -3.97. The Morgan fingerprint density at radius 2 is 2.04 bits per heavy atom. The van der Waals surface area contributed by atoms with Gasteiger partial charge in [0, 0.05) is 6.07 Å². The molecule has 24 heavy (non-hydrogen) atoms. The van der Waals surface area contributed by atoms with Crippen LogP contribution < -0.4 is 5.14 Å². The van der Waals surface area contributed by atoms with Gasteiger partial charge in [0.25, 0.3) is 10.0 Å². The molecule has 1 aromatic carbocycles. The summed E-state index contributed by atoms with van der Waals surface area (Å²) in [4.78, 5) is 0.